The van der Waals surface area contributed by atoms with E-state index in [-0.39, 0.29) is 11.4 Å². The first kappa shape index (κ1) is 12.5. The highest BCUT2D eigenvalue weighted by Crippen LogP contribution is 2.27. The Kier molecular flexibility index (Phi) is 3.23. The molecule has 0 fully saturated rings. The van der Waals surface area contributed by atoms with Crippen molar-refractivity contribution in [1.29, 1.82) is 0 Å². The summed E-state index contributed by atoms with van der Waals surface area (Å²) < 4.78 is 6.18. The standard InChI is InChI=1S/C12H12BrNO2S/c1-12(2,3)11-14-8(10(15)16-11)4-7-5-9(13)17-6-7/h4-6H,1-3H3. The van der Waals surface area contributed by atoms with Crippen molar-refractivity contribution in [3.63, 3.8) is 0 Å². The van der Waals surface area contributed by atoms with Crippen LogP contribution in [0.1, 0.15) is 26.3 Å². The van der Waals surface area contributed by atoms with Crippen LogP contribution in [0.3, 0.4) is 0 Å². The summed E-state index contributed by atoms with van der Waals surface area (Å²) in [6.07, 6.45) is 1.74. The molecular weight excluding hydrogens is 302 g/mol. The molecule has 5 heteroatoms. The van der Waals surface area contributed by atoms with Crippen LogP contribution in [-0.4, -0.2) is 11.9 Å². The van der Waals surface area contributed by atoms with Crippen molar-refractivity contribution in [3.05, 3.63) is 26.5 Å². The summed E-state index contributed by atoms with van der Waals surface area (Å²) in [5.74, 6) is 0.0975. The number of halogens is 1. The Morgan fingerprint density at radius 1 is 1.47 bits per heavy atom. The van der Waals surface area contributed by atoms with Crippen LogP contribution in [0.25, 0.3) is 6.08 Å². The van der Waals surface area contributed by atoms with Gasteiger partial charge in [0.25, 0.3) is 0 Å². The second-order valence-corrected chi connectivity index (χ2v) is 7.06. The third kappa shape index (κ3) is 2.84. The minimum Gasteiger partial charge on any atom is -0.406 e. The minimum atomic E-state index is -0.378. The Balaban J connectivity index is 2.31. The largest absolute Gasteiger partial charge is 0.406 e. The van der Waals surface area contributed by atoms with Crippen LogP contribution in [0, 0.1) is 5.41 Å². The number of cyclic esters (lactones) is 1. The Morgan fingerprint density at radius 2 is 2.18 bits per heavy atom. The summed E-state index contributed by atoms with van der Waals surface area (Å²) in [6.45, 7) is 5.88. The molecule has 0 unspecified atom stereocenters. The first-order valence-corrected chi connectivity index (χ1v) is 6.80. The monoisotopic (exact) mass is 313 g/mol. The van der Waals surface area contributed by atoms with Crippen LogP contribution in [0.15, 0.2) is 25.9 Å². The van der Waals surface area contributed by atoms with E-state index in [1.165, 1.54) is 0 Å². The molecular formula is C12H12BrNO2S. The van der Waals surface area contributed by atoms with Crippen LogP contribution < -0.4 is 0 Å². The van der Waals surface area contributed by atoms with Crippen LogP contribution in [0.5, 0.6) is 0 Å². The van der Waals surface area contributed by atoms with Gasteiger partial charge in [-0.15, -0.1) is 11.3 Å². The highest BCUT2D eigenvalue weighted by Gasteiger charge is 2.31. The molecule has 90 valence electrons. The van der Waals surface area contributed by atoms with Gasteiger partial charge >= 0.3 is 5.97 Å². The molecule has 0 N–H and O–H groups in total. The first-order chi connectivity index (χ1) is 7.86. The molecule has 0 atom stereocenters. The number of ether oxygens (including phenoxy) is 1. The fraction of sp³-hybridized carbons (Fsp3) is 0.333. The fourth-order valence-corrected chi connectivity index (χ4v) is 2.42. The molecule has 0 amide bonds. The number of carbonyl (C=O) groups is 1. The third-order valence-corrected chi connectivity index (χ3v) is 3.68. The number of thiophene rings is 1. The predicted octanol–water partition coefficient (Wildman–Crippen LogP) is 3.85. The van der Waals surface area contributed by atoms with E-state index in [2.05, 4.69) is 20.9 Å². The van der Waals surface area contributed by atoms with Crippen LogP contribution in [0.2, 0.25) is 0 Å². The highest BCUT2D eigenvalue weighted by atomic mass is 79.9. The number of aliphatic imine (C=N–C) groups is 1. The van der Waals surface area contributed by atoms with Crippen molar-refractivity contribution < 1.29 is 9.53 Å². The molecule has 1 aromatic heterocycles. The summed E-state index contributed by atoms with van der Waals surface area (Å²) in [4.78, 5) is 15.9. The number of esters is 1. The number of hydrogen-bond acceptors (Lipinski definition) is 4. The molecule has 0 aliphatic carbocycles. The maximum absolute atomic E-state index is 11.6. The van der Waals surface area contributed by atoms with Crippen molar-refractivity contribution in [2.75, 3.05) is 0 Å². The van der Waals surface area contributed by atoms with Crippen molar-refractivity contribution in [1.82, 2.24) is 0 Å². The van der Waals surface area contributed by atoms with E-state index in [4.69, 9.17) is 4.74 Å². The lowest BCUT2D eigenvalue weighted by Gasteiger charge is -2.15. The van der Waals surface area contributed by atoms with E-state index < -0.39 is 0 Å². The van der Waals surface area contributed by atoms with E-state index in [0.29, 0.717) is 11.6 Å². The van der Waals surface area contributed by atoms with E-state index in [0.717, 1.165) is 9.35 Å². The van der Waals surface area contributed by atoms with Gasteiger partial charge < -0.3 is 4.74 Å². The van der Waals surface area contributed by atoms with Crippen LogP contribution in [-0.2, 0) is 9.53 Å². The van der Waals surface area contributed by atoms with E-state index in [1.807, 2.05) is 32.2 Å². The highest BCUT2D eigenvalue weighted by molar-refractivity contribution is 9.11. The molecule has 0 aromatic carbocycles. The molecule has 0 radical (unpaired) electrons. The van der Waals surface area contributed by atoms with Gasteiger partial charge in [-0.1, -0.05) is 20.8 Å². The van der Waals surface area contributed by atoms with Gasteiger partial charge in [-0.05, 0) is 39.0 Å². The van der Waals surface area contributed by atoms with Crippen molar-refractivity contribution in [3.8, 4) is 0 Å². The second-order valence-electron chi connectivity index (χ2n) is 4.77. The maximum atomic E-state index is 11.6. The van der Waals surface area contributed by atoms with Gasteiger partial charge in [0.1, 0.15) is 0 Å². The number of nitrogens with zero attached hydrogens (tertiary/aromatic N) is 1. The average Bonchev–Trinajstić information content (AvgIpc) is 2.74. The maximum Gasteiger partial charge on any atom is 0.363 e. The number of hydrogen-bond donors (Lipinski definition) is 0. The third-order valence-electron chi connectivity index (χ3n) is 2.15. The topological polar surface area (TPSA) is 38.7 Å². The lowest BCUT2D eigenvalue weighted by molar-refractivity contribution is -0.130. The first-order valence-electron chi connectivity index (χ1n) is 5.13. The number of carbonyl (C=O) groups excluding carboxylic acids is 1. The van der Waals surface area contributed by atoms with Crippen LogP contribution >= 0.6 is 27.3 Å². The van der Waals surface area contributed by atoms with Gasteiger partial charge in [0.05, 0.1) is 3.79 Å². The smallest absolute Gasteiger partial charge is 0.363 e. The fourth-order valence-electron chi connectivity index (χ4n) is 1.29. The molecule has 0 bridgehead atoms. The Labute approximate surface area is 112 Å². The van der Waals surface area contributed by atoms with Gasteiger partial charge in [-0.3, -0.25) is 0 Å². The quantitative estimate of drug-likeness (QED) is 0.583. The predicted molar refractivity (Wildman–Crippen MR) is 73.0 cm³/mol. The van der Waals surface area contributed by atoms with Crippen molar-refractivity contribution >= 4 is 45.2 Å². The molecule has 0 saturated carbocycles. The van der Waals surface area contributed by atoms with E-state index in [9.17, 15) is 4.79 Å². The Bertz CT molecular complexity index is 523. The second kappa shape index (κ2) is 4.38. The summed E-state index contributed by atoms with van der Waals surface area (Å²) in [7, 11) is 0. The summed E-state index contributed by atoms with van der Waals surface area (Å²) in [5.41, 5.74) is 1.06. The zero-order valence-electron chi connectivity index (χ0n) is 9.78. The SMILES string of the molecule is CC(C)(C)C1=NC(=Cc2csc(Br)c2)C(=O)O1. The lowest BCUT2D eigenvalue weighted by atomic mass is 9.97. The summed E-state index contributed by atoms with van der Waals surface area (Å²) in [5, 5.41) is 1.95. The average molecular weight is 314 g/mol. The summed E-state index contributed by atoms with van der Waals surface area (Å²) in [6, 6.07) is 1.94. The normalized spacial score (nSPS) is 18.5. The van der Waals surface area contributed by atoms with E-state index in [1.54, 1.807) is 17.4 Å². The molecule has 17 heavy (non-hydrogen) atoms. The molecule has 1 aliphatic rings. The number of rotatable bonds is 1. The van der Waals surface area contributed by atoms with Crippen molar-refractivity contribution in [2.24, 2.45) is 10.4 Å². The molecule has 1 aliphatic heterocycles. The molecule has 2 heterocycles. The van der Waals surface area contributed by atoms with Gasteiger partial charge in [0.2, 0.25) is 5.90 Å². The molecule has 1 aromatic rings. The van der Waals surface area contributed by atoms with Gasteiger partial charge in [-0.2, -0.15) is 0 Å². The van der Waals surface area contributed by atoms with Gasteiger partial charge in [0.15, 0.2) is 5.70 Å². The van der Waals surface area contributed by atoms with Gasteiger partial charge in [0, 0.05) is 5.41 Å². The summed E-state index contributed by atoms with van der Waals surface area (Å²) >= 11 is 4.94. The molecule has 2 rings (SSSR count). The molecule has 3 nitrogen and oxygen atoms in total. The zero-order chi connectivity index (χ0) is 12.6. The zero-order valence-corrected chi connectivity index (χ0v) is 12.2. The van der Waals surface area contributed by atoms with Crippen molar-refractivity contribution in [2.45, 2.75) is 20.8 Å². The van der Waals surface area contributed by atoms with Crippen LogP contribution in [0.4, 0.5) is 0 Å². The van der Waals surface area contributed by atoms with Gasteiger partial charge in [-0.25, -0.2) is 9.79 Å². The van der Waals surface area contributed by atoms with E-state index >= 15 is 0 Å². The minimum absolute atomic E-state index is 0.250. The lowest BCUT2D eigenvalue weighted by Crippen LogP contribution is -2.21. The molecule has 0 spiro atoms. The molecule has 0 saturated heterocycles. The Morgan fingerprint density at radius 3 is 2.65 bits per heavy atom. The Hall–Kier alpha value is -0.940.